The van der Waals surface area contributed by atoms with E-state index in [-0.39, 0.29) is 34.7 Å². The lowest BCUT2D eigenvalue weighted by Crippen LogP contribution is -2.32. The van der Waals surface area contributed by atoms with E-state index in [1.807, 2.05) is 6.08 Å². The summed E-state index contributed by atoms with van der Waals surface area (Å²) in [7, 11) is 0. The van der Waals surface area contributed by atoms with Gasteiger partial charge in [0.1, 0.15) is 6.29 Å². The number of rotatable bonds is 7. The molecular weight excluding hydrogens is 328 g/mol. The van der Waals surface area contributed by atoms with Crippen molar-refractivity contribution in [3.05, 3.63) is 23.3 Å². The Hall–Kier alpha value is -1.71. The second-order valence-electron chi connectivity index (χ2n) is 8.76. The molecule has 0 radical (unpaired) electrons. The van der Waals surface area contributed by atoms with Crippen molar-refractivity contribution in [1.82, 2.24) is 0 Å². The number of ketones is 1. The van der Waals surface area contributed by atoms with Crippen LogP contribution in [0.3, 0.4) is 0 Å². The van der Waals surface area contributed by atoms with Crippen molar-refractivity contribution in [1.29, 1.82) is 0 Å². The van der Waals surface area contributed by atoms with E-state index in [0.717, 1.165) is 37.5 Å². The molecule has 0 aliphatic heterocycles. The fraction of sp³-hybridized carbons (Fsp3) is 0.682. The molecule has 0 unspecified atom stereocenters. The predicted molar refractivity (Wildman–Crippen MR) is 101 cm³/mol. The molecule has 0 aromatic heterocycles. The molecule has 2 aliphatic rings. The molecule has 0 heterocycles. The largest absolute Gasteiger partial charge is 0.462 e. The van der Waals surface area contributed by atoms with Gasteiger partial charge >= 0.3 is 5.97 Å². The van der Waals surface area contributed by atoms with Gasteiger partial charge in [0.05, 0.1) is 12.2 Å². The fourth-order valence-electron chi connectivity index (χ4n) is 4.76. The molecule has 0 amide bonds. The smallest absolute Gasteiger partial charge is 0.341 e. The summed E-state index contributed by atoms with van der Waals surface area (Å²) in [6.07, 6.45) is 8.85. The predicted octanol–water partition coefficient (Wildman–Crippen LogP) is 4.43. The van der Waals surface area contributed by atoms with E-state index in [2.05, 4.69) is 33.8 Å². The van der Waals surface area contributed by atoms with Crippen molar-refractivity contribution in [2.24, 2.45) is 22.7 Å². The summed E-state index contributed by atoms with van der Waals surface area (Å²) in [4.78, 5) is 35.6. The van der Waals surface area contributed by atoms with E-state index in [1.54, 1.807) is 6.92 Å². The van der Waals surface area contributed by atoms with Crippen molar-refractivity contribution >= 4 is 18.0 Å². The fourth-order valence-corrected chi connectivity index (χ4v) is 4.76. The maximum atomic E-state index is 12.1. The van der Waals surface area contributed by atoms with Crippen LogP contribution >= 0.6 is 0 Å². The number of hydrogen-bond donors (Lipinski definition) is 0. The molecule has 0 bridgehead atoms. The van der Waals surface area contributed by atoms with E-state index in [0.29, 0.717) is 12.3 Å². The third kappa shape index (κ3) is 4.16. The maximum absolute atomic E-state index is 12.1. The van der Waals surface area contributed by atoms with Crippen molar-refractivity contribution < 1.29 is 19.1 Å². The van der Waals surface area contributed by atoms with Crippen LogP contribution in [0.2, 0.25) is 0 Å². The van der Waals surface area contributed by atoms with Crippen LogP contribution in [0.15, 0.2) is 23.3 Å². The molecule has 0 saturated carbocycles. The number of carbonyl (C=O) groups is 3. The zero-order valence-electron chi connectivity index (χ0n) is 16.8. The highest BCUT2D eigenvalue weighted by atomic mass is 16.5. The molecule has 3 atom stereocenters. The zero-order valence-corrected chi connectivity index (χ0v) is 16.8. The van der Waals surface area contributed by atoms with Crippen molar-refractivity contribution in [2.75, 3.05) is 6.61 Å². The van der Waals surface area contributed by atoms with Gasteiger partial charge in [0.2, 0.25) is 0 Å². The molecule has 0 fully saturated rings. The van der Waals surface area contributed by atoms with Gasteiger partial charge in [-0.1, -0.05) is 39.8 Å². The van der Waals surface area contributed by atoms with Crippen LogP contribution in [-0.4, -0.2) is 24.6 Å². The van der Waals surface area contributed by atoms with Gasteiger partial charge in [0.15, 0.2) is 5.78 Å². The van der Waals surface area contributed by atoms with Crippen LogP contribution < -0.4 is 0 Å². The summed E-state index contributed by atoms with van der Waals surface area (Å²) in [6, 6.07) is 0. The van der Waals surface area contributed by atoms with Crippen molar-refractivity contribution in [3.8, 4) is 0 Å². The van der Waals surface area contributed by atoms with Gasteiger partial charge in [0.25, 0.3) is 0 Å². The van der Waals surface area contributed by atoms with Crippen LogP contribution in [0.5, 0.6) is 0 Å². The minimum absolute atomic E-state index is 0.0484. The van der Waals surface area contributed by atoms with Crippen LogP contribution in [0.4, 0.5) is 0 Å². The van der Waals surface area contributed by atoms with Crippen molar-refractivity contribution in [3.63, 3.8) is 0 Å². The average Bonchev–Trinajstić information content (AvgIpc) is 2.93. The first-order valence-corrected chi connectivity index (χ1v) is 9.74. The number of carbonyl (C=O) groups excluding carboxylic acids is 3. The Morgan fingerprint density at radius 1 is 1.35 bits per heavy atom. The summed E-state index contributed by atoms with van der Waals surface area (Å²) >= 11 is 0. The normalized spacial score (nSPS) is 31.6. The van der Waals surface area contributed by atoms with Crippen LogP contribution in [0, 0.1) is 22.7 Å². The molecule has 0 aromatic rings. The van der Waals surface area contributed by atoms with Gasteiger partial charge in [0, 0.05) is 6.42 Å². The Balaban J connectivity index is 2.16. The average molecular weight is 360 g/mol. The Morgan fingerprint density at radius 2 is 2.04 bits per heavy atom. The molecule has 2 aliphatic carbocycles. The molecule has 0 aromatic carbocycles. The minimum Gasteiger partial charge on any atom is -0.462 e. The number of allylic oxidation sites excluding steroid dienone is 3. The Bertz CT molecular complexity index is 643. The lowest BCUT2D eigenvalue weighted by molar-refractivity contribution is -0.140. The lowest BCUT2D eigenvalue weighted by atomic mass is 9.65. The van der Waals surface area contributed by atoms with E-state index in [1.165, 1.54) is 0 Å². The molecule has 4 heteroatoms. The van der Waals surface area contributed by atoms with Gasteiger partial charge in [-0.25, -0.2) is 4.79 Å². The van der Waals surface area contributed by atoms with Crippen LogP contribution in [-0.2, 0) is 19.1 Å². The number of aldehydes is 1. The minimum atomic E-state index is -0.500. The number of ether oxygens (including phenoxy) is 1. The van der Waals surface area contributed by atoms with Gasteiger partial charge < -0.3 is 4.74 Å². The summed E-state index contributed by atoms with van der Waals surface area (Å²) in [5.41, 5.74) is 0.996. The monoisotopic (exact) mass is 360 g/mol. The third-order valence-electron chi connectivity index (χ3n) is 6.20. The second-order valence-corrected chi connectivity index (χ2v) is 8.76. The van der Waals surface area contributed by atoms with E-state index >= 15 is 0 Å². The number of hydrogen-bond acceptors (Lipinski definition) is 4. The standard InChI is InChI=1S/C22H32O4/c1-6-26-20(25)17-13-21(4,9-8-18(17)24)11-12-22(5)10-7-16(14-23)19(22)15(2)3/h7,13-15,19H,6,8-12H2,1-5H3/t19-,21-,22+/m0/s1. The summed E-state index contributed by atoms with van der Waals surface area (Å²) in [5.74, 6) is 0.0612. The first kappa shape index (κ1) is 20.6. The molecule has 0 spiro atoms. The first-order chi connectivity index (χ1) is 12.2. The van der Waals surface area contributed by atoms with Crippen LogP contribution in [0.1, 0.15) is 66.7 Å². The molecule has 4 nitrogen and oxygen atoms in total. The summed E-state index contributed by atoms with van der Waals surface area (Å²) in [6.45, 7) is 10.7. The van der Waals surface area contributed by atoms with Crippen molar-refractivity contribution in [2.45, 2.75) is 66.7 Å². The topological polar surface area (TPSA) is 60.4 Å². The highest BCUT2D eigenvalue weighted by Crippen LogP contribution is 2.51. The second kappa shape index (κ2) is 7.89. The van der Waals surface area contributed by atoms with E-state index < -0.39 is 5.97 Å². The summed E-state index contributed by atoms with van der Waals surface area (Å²) in [5, 5.41) is 0. The van der Waals surface area contributed by atoms with Crippen LogP contribution in [0.25, 0.3) is 0 Å². The lowest BCUT2D eigenvalue weighted by Gasteiger charge is -2.39. The molecular formula is C22H32O4. The SMILES string of the molecule is CCOC(=O)C1=C[C@](C)(CC[C@@]2(C)CC=C(C=O)[C@@H]2C(C)C)CCC1=O. The van der Waals surface area contributed by atoms with Gasteiger partial charge in [-0.3, -0.25) is 9.59 Å². The van der Waals surface area contributed by atoms with Gasteiger partial charge in [-0.05, 0) is 60.8 Å². The Labute approximate surface area is 157 Å². The highest BCUT2D eigenvalue weighted by molar-refractivity contribution is 6.17. The zero-order chi connectivity index (χ0) is 19.5. The quantitative estimate of drug-likeness (QED) is 0.383. The first-order valence-electron chi connectivity index (χ1n) is 9.74. The number of Topliss-reactive ketones (excluding diaryl/α,β-unsaturated/α-hetero) is 1. The summed E-state index contributed by atoms with van der Waals surface area (Å²) < 4.78 is 5.04. The molecule has 144 valence electrons. The Morgan fingerprint density at radius 3 is 2.62 bits per heavy atom. The molecule has 0 saturated heterocycles. The number of esters is 1. The van der Waals surface area contributed by atoms with E-state index in [4.69, 9.17) is 4.74 Å². The highest BCUT2D eigenvalue weighted by Gasteiger charge is 2.43. The van der Waals surface area contributed by atoms with E-state index in [9.17, 15) is 14.4 Å². The molecule has 0 N–H and O–H groups in total. The van der Waals surface area contributed by atoms with Gasteiger partial charge in [-0.2, -0.15) is 0 Å². The third-order valence-corrected chi connectivity index (χ3v) is 6.20. The molecule has 2 rings (SSSR count). The molecule has 26 heavy (non-hydrogen) atoms. The van der Waals surface area contributed by atoms with Gasteiger partial charge in [-0.15, -0.1) is 0 Å². The Kier molecular flexibility index (Phi) is 6.25. The maximum Gasteiger partial charge on any atom is 0.341 e.